The standard InChI is InChI=1S/C11H14F3N3OS/c1-8-9(19-7-15-8)10(18)17-4-2-16(3-5-17)6-11(12,13)14/h7H,2-6H2,1H3. The summed E-state index contributed by atoms with van der Waals surface area (Å²) in [5.41, 5.74) is 2.27. The first-order chi connectivity index (χ1) is 8.87. The molecule has 0 bridgehead atoms. The lowest BCUT2D eigenvalue weighted by atomic mass is 10.2. The maximum absolute atomic E-state index is 12.2. The first-order valence-corrected chi connectivity index (χ1v) is 6.73. The van der Waals surface area contributed by atoms with Crippen molar-refractivity contribution < 1.29 is 18.0 Å². The molecule has 1 amide bonds. The van der Waals surface area contributed by atoms with Crippen LogP contribution in [-0.2, 0) is 0 Å². The summed E-state index contributed by atoms with van der Waals surface area (Å²) in [7, 11) is 0. The largest absolute Gasteiger partial charge is 0.401 e. The van der Waals surface area contributed by atoms with Crippen molar-refractivity contribution in [1.29, 1.82) is 0 Å². The summed E-state index contributed by atoms with van der Waals surface area (Å²) in [5, 5.41) is 0. The van der Waals surface area contributed by atoms with Crippen molar-refractivity contribution in [3.8, 4) is 0 Å². The van der Waals surface area contributed by atoms with E-state index < -0.39 is 12.7 Å². The van der Waals surface area contributed by atoms with Gasteiger partial charge in [-0.15, -0.1) is 11.3 Å². The Bertz CT molecular complexity index is 452. The molecule has 1 aromatic heterocycles. The van der Waals surface area contributed by atoms with Crippen molar-refractivity contribution in [2.24, 2.45) is 0 Å². The van der Waals surface area contributed by atoms with Crippen LogP contribution in [-0.4, -0.2) is 59.6 Å². The Balaban J connectivity index is 1.90. The monoisotopic (exact) mass is 293 g/mol. The van der Waals surface area contributed by atoms with Crippen LogP contribution in [0.4, 0.5) is 13.2 Å². The molecule has 19 heavy (non-hydrogen) atoms. The van der Waals surface area contributed by atoms with E-state index in [0.29, 0.717) is 23.7 Å². The number of carbonyl (C=O) groups excluding carboxylic acids is 1. The zero-order valence-corrected chi connectivity index (χ0v) is 11.2. The number of carbonyl (C=O) groups is 1. The topological polar surface area (TPSA) is 36.4 Å². The fourth-order valence-corrected chi connectivity index (χ4v) is 2.78. The minimum atomic E-state index is -4.18. The molecule has 0 unspecified atom stereocenters. The van der Waals surface area contributed by atoms with Gasteiger partial charge in [0.05, 0.1) is 17.7 Å². The lowest BCUT2D eigenvalue weighted by Crippen LogP contribution is -2.50. The second-order valence-electron chi connectivity index (χ2n) is 4.45. The molecule has 0 aliphatic carbocycles. The molecular weight excluding hydrogens is 279 g/mol. The van der Waals surface area contributed by atoms with Gasteiger partial charge in [0.25, 0.3) is 5.91 Å². The quantitative estimate of drug-likeness (QED) is 0.834. The third kappa shape index (κ3) is 3.66. The number of piperazine rings is 1. The molecule has 8 heteroatoms. The van der Waals surface area contributed by atoms with Crippen molar-refractivity contribution >= 4 is 17.2 Å². The average Bonchev–Trinajstić information content (AvgIpc) is 2.73. The van der Waals surface area contributed by atoms with Gasteiger partial charge in [-0.25, -0.2) is 4.98 Å². The molecule has 1 aliphatic rings. The van der Waals surface area contributed by atoms with Gasteiger partial charge in [0.2, 0.25) is 0 Å². The summed E-state index contributed by atoms with van der Waals surface area (Å²) >= 11 is 1.27. The molecule has 0 saturated carbocycles. The first-order valence-electron chi connectivity index (χ1n) is 5.85. The second kappa shape index (κ2) is 5.46. The number of hydrogen-bond donors (Lipinski definition) is 0. The molecule has 0 aromatic carbocycles. The first kappa shape index (κ1) is 14.3. The number of thiazole rings is 1. The smallest absolute Gasteiger partial charge is 0.335 e. The third-order valence-electron chi connectivity index (χ3n) is 3.00. The minimum absolute atomic E-state index is 0.133. The van der Waals surface area contributed by atoms with E-state index in [1.165, 1.54) is 16.2 Å². The van der Waals surface area contributed by atoms with E-state index in [2.05, 4.69) is 4.98 Å². The van der Waals surface area contributed by atoms with Crippen molar-refractivity contribution in [3.05, 3.63) is 16.1 Å². The summed E-state index contributed by atoms with van der Waals surface area (Å²) in [6.45, 7) is 2.00. The van der Waals surface area contributed by atoms with Crippen LogP contribution < -0.4 is 0 Å². The van der Waals surface area contributed by atoms with Gasteiger partial charge in [-0.1, -0.05) is 0 Å². The Morgan fingerprint density at radius 2 is 2.00 bits per heavy atom. The maximum Gasteiger partial charge on any atom is 0.401 e. The lowest BCUT2D eigenvalue weighted by molar-refractivity contribution is -0.148. The lowest BCUT2D eigenvalue weighted by Gasteiger charge is -2.34. The minimum Gasteiger partial charge on any atom is -0.335 e. The second-order valence-corrected chi connectivity index (χ2v) is 5.31. The number of alkyl halides is 3. The van der Waals surface area contributed by atoms with E-state index in [1.807, 2.05) is 0 Å². The molecule has 0 radical (unpaired) electrons. The Hall–Kier alpha value is -1.15. The zero-order chi connectivity index (χ0) is 14.0. The number of rotatable bonds is 2. The summed E-state index contributed by atoms with van der Waals surface area (Å²) < 4.78 is 36.7. The normalized spacial score (nSPS) is 17.8. The van der Waals surface area contributed by atoms with Crippen LogP contribution in [0.2, 0.25) is 0 Å². The zero-order valence-electron chi connectivity index (χ0n) is 10.4. The number of halogens is 3. The van der Waals surface area contributed by atoms with Crippen molar-refractivity contribution in [1.82, 2.24) is 14.8 Å². The van der Waals surface area contributed by atoms with E-state index in [9.17, 15) is 18.0 Å². The average molecular weight is 293 g/mol. The number of amides is 1. The highest BCUT2D eigenvalue weighted by molar-refractivity contribution is 7.11. The van der Waals surface area contributed by atoms with Crippen LogP contribution in [0.1, 0.15) is 15.4 Å². The van der Waals surface area contributed by atoms with Crippen molar-refractivity contribution in [2.75, 3.05) is 32.7 Å². The highest BCUT2D eigenvalue weighted by atomic mass is 32.1. The maximum atomic E-state index is 12.2. The van der Waals surface area contributed by atoms with Crippen LogP contribution in [0.3, 0.4) is 0 Å². The van der Waals surface area contributed by atoms with Crippen LogP contribution in [0, 0.1) is 6.92 Å². The summed E-state index contributed by atoms with van der Waals surface area (Å²) in [5.74, 6) is -0.133. The summed E-state index contributed by atoms with van der Waals surface area (Å²) in [6, 6.07) is 0. The van der Waals surface area contributed by atoms with Gasteiger partial charge in [0.15, 0.2) is 0 Å². The van der Waals surface area contributed by atoms with Crippen LogP contribution in [0.5, 0.6) is 0 Å². The van der Waals surface area contributed by atoms with Gasteiger partial charge in [-0.2, -0.15) is 13.2 Å². The fraction of sp³-hybridized carbons (Fsp3) is 0.636. The molecule has 0 N–H and O–H groups in total. The van der Waals surface area contributed by atoms with Gasteiger partial charge < -0.3 is 4.90 Å². The molecule has 1 saturated heterocycles. The van der Waals surface area contributed by atoms with Gasteiger partial charge in [0.1, 0.15) is 4.88 Å². The van der Waals surface area contributed by atoms with Crippen LogP contribution in [0.15, 0.2) is 5.51 Å². The number of nitrogens with zero attached hydrogens (tertiary/aromatic N) is 3. The van der Waals surface area contributed by atoms with E-state index in [4.69, 9.17) is 0 Å². The fourth-order valence-electron chi connectivity index (χ4n) is 2.01. The van der Waals surface area contributed by atoms with Crippen LogP contribution >= 0.6 is 11.3 Å². The van der Waals surface area contributed by atoms with Gasteiger partial charge in [-0.3, -0.25) is 9.69 Å². The molecule has 1 fully saturated rings. The summed E-state index contributed by atoms with van der Waals surface area (Å²) in [4.78, 5) is 19.6. The molecule has 2 rings (SSSR count). The van der Waals surface area contributed by atoms with E-state index in [-0.39, 0.29) is 19.0 Å². The highest BCUT2D eigenvalue weighted by Crippen LogP contribution is 2.19. The SMILES string of the molecule is Cc1ncsc1C(=O)N1CCN(CC(F)(F)F)CC1. The molecule has 2 heterocycles. The molecule has 1 aliphatic heterocycles. The number of aryl methyl sites for hydroxylation is 1. The molecule has 4 nitrogen and oxygen atoms in total. The molecule has 0 atom stereocenters. The highest BCUT2D eigenvalue weighted by Gasteiger charge is 2.33. The molecule has 1 aromatic rings. The van der Waals surface area contributed by atoms with Gasteiger partial charge >= 0.3 is 6.18 Å². The van der Waals surface area contributed by atoms with Crippen molar-refractivity contribution in [2.45, 2.75) is 13.1 Å². The van der Waals surface area contributed by atoms with E-state index in [1.54, 1.807) is 17.3 Å². The van der Waals surface area contributed by atoms with E-state index >= 15 is 0 Å². The van der Waals surface area contributed by atoms with Crippen LogP contribution in [0.25, 0.3) is 0 Å². The Morgan fingerprint density at radius 1 is 1.37 bits per heavy atom. The van der Waals surface area contributed by atoms with Gasteiger partial charge in [-0.05, 0) is 6.92 Å². The van der Waals surface area contributed by atoms with E-state index in [0.717, 1.165) is 0 Å². The molecule has 0 spiro atoms. The third-order valence-corrected chi connectivity index (χ3v) is 3.92. The Labute approximate surface area is 112 Å². The molecular formula is C11H14F3N3OS. The summed E-state index contributed by atoms with van der Waals surface area (Å²) in [6.07, 6.45) is -4.18. The number of aromatic nitrogens is 1. The predicted octanol–water partition coefficient (Wildman–Crippen LogP) is 1.77. The number of hydrogen-bond acceptors (Lipinski definition) is 4. The Morgan fingerprint density at radius 3 is 2.47 bits per heavy atom. The van der Waals surface area contributed by atoms with Crippen molar-refractivity contribution in [3.63, 3.8) is 0 Å². The van der Waals surface area contributed by atoms with Gasteiger partial charge in [0, 0.05) is 26.2 Å². The predicted molar refractivity (Wildman–Crippen MR) is 65.2 cm³/mol. The Kier molecular flexibility index (Phi) is 4.10. The molecule has 106 valence electrons.